The molecule has 102 valence electrons. The lowest BCUT2D eigenvalue weighted by Crippen LogP contribution is -2.05. The van der Waals surface area contributed by atoms with E-state index in [1.165, 1.54) is 19.5 Å². The first kappa shape index (κ1) is 13.7. The second-order valence-corrected chi connectivity index (χ2v) is 3.88. The van der Waals surface area contributed by atoms with Gasteiger partial charge in [0.2, 0.25) is 0 Å². The molecule has 6 nitrogen and oxygen atoms in total. The summed E-state index contributed by atoms with van der Waals surface area (Å²) >= 11 is 0. The Hall–Kier alpha value is -2.76. The number of nitrogens with zero attached hydrogens (tertiary/aromatic N) is 3. The standard InChI is InChI=1S/C14H13N3O3/c1-10(13-9-15-6-7-16-13)17-20-14(18)11-4-3-5-12(8-11)19-2/h3-9H,1-2H3/b17-10-. The van der Waals surface area contributed by atoms with Crippen LogP contribution < -0.4 is 4.74 Å². The quantitative estimate of drug-likeness (QED) is 0.483. The predicted molar refractivity (Wildman–Crippen MR) is 72.7 cm³/mol. The molecule has 0 N–H and O–H groups in total. The van der Waals surface area contributed by atoms with Crippen LogP contribution in [0, 0.1) is 0 Å². The van der Waals surface area contributed by atoms with Gasteiger partial charge in [-0.15, -0.1) is 0 Å². The Morgan fingerprint density at radius 2 is 2.15 bits per heavy atom. The summed E-state index contributed by atoms with van der Waals surface area (Å²) in [6, 6.07) is 6.65. The van der Waals surface area contributed by atoms with E-state index >= 15 is 0 Å². The molecule has 2 rings (SSSR count). The zero-order valence-corrected chi connectivity index (χ0v) is 11.1. The van der Waals surface area contributed by atoms with Crippen LogP contribution in [0.1, 0.15) is 23.0 Å². The minimum atomic E-state index is -0.563. The number of carbonyl (C=O) groups excluding carboxylic acids is 1. The van der Waals surface area contributed by atoms with Crippen molar-refractivity contribution in [3.8, 4) is 5.75 Å². The number of hydrogen-bond donors (Lipinski definition) is 0. The van der Waals surface area contributed by atoms with Crippen LogP contribution in [0.5, 0.6) is 5.75 Å². The van der Waals surface area contributed by atoms with Crippen molar-refractivity contribution in [2.45, 2.75) is 6.92 Å². The van der Waals surface area contributed by atoms with Crippen LogP contribution >= 0.6 is 0 Å². The van der Waals surface area contributed by atoms with Crippen molar-refractivity contribution in [1.29, 1.82) is 0 Å². The van der Waals surface area contributed by atoms with Gasteiger partial charge in [-0.2, -0.15) is 0 Å². The highest BCUT2D eigenvalue weighted by Crippen LogP contribution is 2.13. The molecule has 0 aliphatic carbocycles. The van der Waals surface area contributed by atoms with Gasteiger partial charge in [0, 0.05) is 12.4 Å². The lowest BCUT2D eigenvalue weighted by atomic mass is 10.2. The SMILES string of the molecule is COc1cccc(C(=O)O/N=C(/C)c2cnccn2)c1. The van der Waals surface area contributed by atoms with Crippen LogP contribution in [0.4, 0.5) is 0 Å². The van der Waals surface area contributed by atoms with Crippen molar-refractivity contribution in [2.75, 3.05) is 7.11 Å². The van der Waals surface area contributed by atoms with Gasteiger partial charge in [0.25, 0.3) is 0 Å². The van der Waals surface area contributed by atoms with Crippen molar-refractivity contribution in [2.24, 2.45) is 5.16 Å². The molecular formula is C14H13N3O3. The maximum atomic E-state index is 11.8. The Bertz CT molecular complexity index is 627. The highest BCUT2D eigenvalue weighted by atomic mass is 16.7. The van der Waals surface area contributed by atoms with E-state index in [1.807, 2.05) is 0 Å². The second kappa shape index (κ2) is 6.42. The molecular weight excluding hydrogens is 258 g/mol. The molecule has 0 radical (unpaired) electrons. The van der Waals surface area contributed by atoms with E-state index in [2.05, 4.69) is 15.1 Å². The molecule has 0 saturated heterocycles. The van der Waals surface area contributed by atoms with Gasteiger partial charge < -0.3 is 9.57 Å². The fourth-order valence-corrected chi connectivity index (χ4v) is 1.45. The third-order valence-corrected chi connectivity index (χ3v) is 2.50. The number of benzene rings is 1. The van der Waals surface area contributed by atoms with Gasteiger partial charge in [-0.3, -0.25) is 9.97 Å². The van der Waals surface area contributed by atoms with Crippen molar-refractivity contribution < 1.29 is 14.4 Å². The molecule has 0 aliphatic rings. The summed E-state index contributed by atoms with van der Waals surface area (Å²) in [6.45, 7) is 1.68. The Labute approximate surface area is 116 Å². The van der Waals surface area contributed by atoms with E-state index in [0.29, 0.717) is 22.7 Å². The van der Waals surface area contributed by atoms with Gasteiger partial charge in [0.05, 0.1) is 18.9 Å². The lowest BCUT2D eigenvalue weighted by molar-refractivity contribution is 0.0516. The monoisotopic (exact) mass is 271 g/mol. The van der Waals surface area contributed by atoms with Crippen molar-refractivity contribution in [3.63, 3.8) is 0 Å². The summed E-state index contributed by atoms with van der Waals surface area (Å²) in [7, 11) is 1.53. The highest BCUT2D eigenvalue weighted by Gasteiger charge is 2.09. The summed E-state index contributed by atoms with van der Waals surface area (Å²) < 4.78 is 5.04. The van der Waals surface area contributed by atoms with E-state index in [4.69, 9.17) is 9.57 Å². The molecule has 0 spiro atoms. The summed E-state index contributed by atoms with van der Waals surface area (Å²) in [5.41, 5.74) is 1.38. The van der Waals surface area contributed by atoms with Crippen LogP contribution in [0.2, 0.25) is 0 Å². The molecule has 1 aromatic heterocycles. The van der Waals surface area contributed by atoms with Crippen molar-refractivity contribution >= 4 is 11.7 Å². The maximum absolute atomic E-state index is 11.8. The van der Waals surface area contributed by atoms with Gasteiger partial charge in [0.1, 0.15) is 17.2 Å². The first-order valence-electron chi connectivity index (χ1n) is 5.87. The zero-order valence-electron chi connectivity index (χ0n) is 11.1. The Balaban J connectivity index is 2.08. The Kier molecular flexibility index (Phi) is 4.39. The van der Waals surface area contributed by atoms with Crippen LogP contribution in [-0.4, -0.2) is 28.8 Å². The minimum Gasteiger partial charge on any atom is -0.497 e. The fraction of sp³-hybridized carbons (Fsp3) is 0.143. The second-order valence-electron chi connectivity index (χ2n) is 3.88. The average molecular weight is 271 g/mol. The molecule has 2 aromatic rings. The van der Waals surface area contributed by atoms with Crippen LogP contribution in [0.25, 0.3) is 0 Å². The van der Waals surface area contributed by atoms with E-state index in [-0.39, 0.29) is 0 Å². The Morgan fingerprint density at radius 3 is 2.85 bits per heavy atom. The number of methoxy groups -OCH3 is 1. The first-order chi connectivity index (χ1) is 9.70. The summed E-state index contributed by atoms with van der Waals surface area (Å²) in [6.07, 6.45) is 4.63. The Morgan fingerprint density at radius 1 is 1.30 bits per heavy atom. The molecule has 6 heteroatoms. The smallest absolute Gasteiger partial charge is 0.365 e. The maximum Gasteiger partial charge on any atom is 0.365 e. The lowest BCUT2D eigenvalue weighted by Gasteiger charge is -2.02. The molecule has 0 amide bonds. The normalized spacial score (nSPS) is 11.0. The number of hydrogen-bond acceptors (Lipinski definition) is 6. The van der Waals surface area contributed by atoms with Crippen molar-refractivity contribution in [1.82, 2.24) is 9.97 Å². The van der Waals surface area contributed by atoms with E-state index in [1.54, 1.807) is 37.4 Å². The van der Waals surface area contributed by atoms with Gasteiger partial charge >= 0.3 is 5.97 Å². The predicted octanol–water partition coefficient (Wildman–Crippen LogP) is 2.07. The minimum absolute atomic E-state index is 0.361. The number of aromatic nitrogens is 2. The van der Waals surface area contributed by atoms with E-state index in [9.17, 15) is 4.79 Å². The summed E-state index contributed by atoms with van der Waals surface area (Å²) in [5.74, 6) is 0.0150. The van der Waals surface area contributed by atoms with Gasteiger partial charge in [-0.1, -0.05) is 11.2 Å². The summed E-state index contributed by atoms with van der Waals surface area (Å²) in [5, 5.41) is 3.75. The van der Waals surface area contributed by atoms with Crippen LogP contribution in [0.3, 0.4) is 0 Å². The number of oxime groups is 1. The van der Waals surface area contributed by atoms with Gasteiger partial charge in [0.15, 0.2) is 0 Å². The molecule has 0 saturated carbocycles. The third-order valence-electron chi connectivity index (χ3n) is 2.50. The molecule has 1 heterocycles. The number of ether oxygens (including phenoxy) is 1. The largest absolute Gasteiger partial charge is 0.497 e. The van der Waals surface area contributed by atoms with Crippen molar-refractivity contribution in [3.05, 3.63) is 54.1 Å². The van der Waals surface area contributed by atoms with E-state index in [0.717, 1.165) is 0 Å². The third kappa shape index (κ3) is 3.38. The molecule has 0 fully saturated rings. The highest BCUT2D eigenvalue weighted by molar-refractivity contribution is 5.97. The van der Waals surface area contributed by atoms with Crippen LogP contribution in [0.15, 0.2) is 48.0 Å². The zero-order chi connectivity index (χ0) is 14.4. The first-order valence-corrected chi connectivity index (χ1v) is 5.87. The fourth-order valence-electron chi connectivity index (χ4n) is 1.45. The molecule has 20 heavy (non-hydrogen) atoms. The van der Waals surface area contributed by atoms with Gasteiger partial charge in [-0.05, 0) is 25.1 Å². The van der Waals surface area contributed by atoms with E-state index < -0.39 is 5.97 Å². The average Bonchev–Trinajstić information content (AvgIpc) is 2.53. The number of carbonyl (C=O) groups is 1. The summed E-state index contributed by atoms with van der Waals surface area (Å²) in [4.78, 5) is 24.7. The molecule has 1 aromatic carbocycles. The van der Waals surface area contributed by atoms with Crippen LogP contribution in [-0.2, 0) is 4.84 Å². The molecule has 0 unspecified atom stereocenters. The molecule has 0 aliphatic heterocycles. The molecule has 0 atom stereocenters. The number of rotatable bonds is 4. The molecule has 0 bridgehead atoms. The van der Waals surface area contributed by atoms with Gasteiger partial charge in [-0.25, -0.2) is 4.79 Å². The topological polar surface area (TPSA) is 73.7 Å².